The van der Waals surface area contributed by atoms with Gasteiger partial charge in [0.2, 0.25) is 10.0 Å². The molecule has 0 aliphatic carbocycles. The third-order valence-electron chi connectivity index (χ3n) is 3.87. The fourth-order valence-electron chi connectivity index (χ4n) is 2.50. The van der Waals surface area contributed by atoms with E-state index in [4.69, 9.17) is 4.74 Å². The predicted octanol–water partition coefficient (Wildman–Crippen LogP) is 2.43. The lowest BCUT2D eigenvalue weighted by Gasteiger charge is -2.32. The summed E-state index contributed by atoms with van der Waals surface area (Å²) >= 11 is 1.19. The van der Waals surface area contributed by atoms with Crippen molar-refractivity contribution >= 4 is 21.4 Å². The summed E-state index contributed by atoms with van der Waals surface area (Å²) in [5, 5.41) is 1.73. The van der Waals surface area contributed by atoms with Gasteiger partial charge in [0.1, 0.15) is 9.81 Å². The molecule has 1 fully saturated rings. The first-order valence-corrected chi connectivity index (χ1v) is 9.84. The molecule has 1 unspecified atom stereocenters. The largest absolute Gasteiger partial charge is 0.367 e. The van der Waals surface area contributed by atoms with E-state index >= 15 is 0 Å². The van der Waals surface area contributed by atoms with Gasteiger partial charge in [-0.1, -0.05) is 6.07 Å². The molecule has 124 valence electrons. The number of thiophene rings is 1. The molecule has 1 aliphatic rings. The Kier molecular flexibility index (Phi) is 4.77. The summed E-state index contributed by atoms with van der Waals surface area (Å²) in [6.07, 6.45) is 6.38. The standard InChI is InChI=1S/C15H19N3O3S2/c1-15(6-2-3-7-21-15)14-16-9-12(10-17-14)11-18-23(19,20)13-5-4-8-22-13/h4-5,8-10,18H,2-3,6-7,11H2,1H3. The van der Waals surface area contributed by atoms with E-state index in [2.05, 4.69) is 14.7 Å². The van der Waals surface area contributed by atoms with Crippen LogP contribution in [0.1, 0.15) is 37.6 Å². The Morgan fingerprint density at radius 1 is 1.35 bits per heavy atom. The number of hydrogen-bond acceptors (Lipinski definition) is 6. The molecule has 1 N–H and O–H groups in total. The van der Waals surface area contributed by atoms with E-state index in [0.29, 0.717) is 15.6 Å². The molecule has 0 amide bonds. The van der Waals surface area contributed by atoms with Crippen LogP contribution in [0.2, 0.25) is 0 Å². The van der Waals surface area contributed by atoms with E-state index in [1.54, 1.807) is 29.9 Å². The highest BCUT2D eigenvalue weighted by Gasteiger charge is 2.32. The van der Waals surface area contributed by atoms with Crippen LogP contribution in [0.3, 0.4) is 0 Å². The van der Waals surface area contributed by atoms with Crippen molar-refractivity contribution in [3.63, 3.8) is 0 Å². The lowest BCUT2D eigenvalue weighted by molar-refractivity contribution is -0.0760. The number of aromatic nitrogens is 2. The van der Waals surface area contributed by atoms with Crippen LogP contribution in [0.5, 0.6) is 0 Å². The van der Waals surface area contributed by atoms with Gasteiger partial charge in [0.25, 0.3) is 0 Å². The molecule has 6 nitrogen and oxygen atoms in total. The summed E-state index contributed by atoms with van der Waals surface area (Å²) < 4.78 is 32.8. The first-order chi connectivity index (χ1) is 11.0. The molecule has 0 saturated carbocycles. The Morgan fingerprint density at radius 3 is 2.74 bits per heavy atom. The van der Waals surface area contributed by atoms with Crippen LogP contribution >= 0.6 is 11.3 Å². The second kappa shape index (κ2) is 6.64. The van der Waals surface area contributed by atoms with Crippen molar-refractivity contribution in [2.24, 2.45) is 0 Å². The third-order valence-corrected chi connectivity index (χ3v) is 6.67. The second-order valence-electron chi connectivity index (χ2n) is 5.71. The van der Waals surface area contributed by atoms with Crippen molar-refractivity contribution in [1.29, 1.82) is 0 Å². The van der Waals surface area contributed by atoms with E-state index in [9.17, 15) is 8.42 Å². The molecule has 0 radical (unpaired) electrons. The molecule has 0 spiro atoms. The second-order valence-corrected chi connectivity index (χ2v) is 8.65. The molecular formula is C15H19N3O3S2. The van der Waals surface area contributed by atoms with Crippen molar-refractivity contribution < 1.29 is 13.2 Å². The molecule has 1 saturated heterocycles. The van der Waals surface area contributed by atoms with Crippen molar-refractivity contribution in [3.05, 3.63) is 41.3 Å². The summed E-state index contributed by atoms with van der Waals surface area (Å²) in [7, 11) is -3.47. The molecule has 2 aromatic rings. The average Bonchev–Trinajstić information content (AvgIpc) is 3.10. The lowest BCUT2D eigenvalue weighted by Crippen LogP contribution is -2.32. The Bertz CT molecular complexity index is 737. The molecular weight excluding hydrogens is 334 g/mol. The van der Waals surface area contributed by atoms with Gasteiger partial charge in [-0.25, -0.2) is 23.1 Å². The van der Waals surface area contributed by atoms with Gasteiger partial charge in [-0.15, -0.1) is 11.3 Å². The van der Waals surface area contributed by atoms with Crippen molar-refractivity contribution in [1.82, 2.24) is 14.7 Å². The number of sulfonamides is 1. The zero-order valence-electron chi connectivity index (χ0n) is 12.9. The molecule has 3 rings (SSSR count). The normalized spacial score (nSPS) is 22.1. The topological polar surface area (TPSA) is 81.2 Å². The van der Waals surface area contributed by atoms with E-state index in [1.807, 2.05) is 6.92 Å². The summed E-state index contributed by atoms with van der Waals surface area (Å²) in [6.45, 7) is 2.89. The highest BCUT2D eigenvalue weighted by molar-refractivity contribution is 7.91. The third kappa shape index (κ3) is 3.77. The molecule has 1 atom stereocenters. The fourth-order valence-corrected chi connectivity index (χ4v) is 4.55. The molecule has 0 bridgehead atoms. The summed E-state index contributed by atoms with van der Waals surface area (Å²) in [6, 6.07) is 3.29. The van der Waals surface area contributed by atoms with Gasteiger partial charge in [0.15, 0.2) is 5.82 Å². The van der Waals surface area contributed by atoms with Gasteiger partial charge in [0, 0.05) is 31.1 Å². The van der Waals surface area contributed by atoms with E-state index in [0.717, 1.165) is 25.9 Å². The van der Waals surface area contributed by atoms with Gasteiger partial charge in [0.05, 0.1) is 0 Å². The smallest absolute Gasteiger partial charge is 0.250 e. The van der Waals surface area contributed by atoms with Gasteiger partial charge >= 0.3 is 0 Å². The number of ether oxygens (including phenoxy) is 1. The van der Waals surface area contributed by atoms with E-state index < -0.39 is 15.6 Å². The maximum atomic E-state index is 12.1. The van der Waals surface area contributed by atoms with Gasteiger partial charge in [-0.3, -0.25) is 0 Å². The van der Waals surface area contributed by atoms with Gasteiger partial charge < -0.3 is 4.74 Å². The molecule has 0 aromatic carbocycles. The van der Waals surface area contributed by atoms with Crippen LogP contribution in [-0.4, -0.2) is 25.0 Å². The maximum absolute atomic E-state index is 12.1. The van der Waals surface area contributed by atoms with Crippen LogP contribution in [0.4, 0.5) is 0 Å². The monoisotopic (exact) mass is 353 g/mol. The van der Waals surface area contributed by atoms with Crippen LogP contribution < -0.4 is 4.72 Å². The van der Waals surface area contributed by atoms with Crippen LogP contribution in [0, 0.1) is 0 Å². The van der Waals surface area contributed by atoms with Crippen LogP contribution in [-0.2, 0) is 26.9 Å². The van der Waals surface area contributed by atoms with Crippen molar-refractivity contribution in [3.8, 4) is 0 Å². The van der Waals surface area contributed by atoms with Crippen molar-refractivity contribution in [2.45, 2.75) is 42.5 Å². The minimum Gasteiger partial charge on any atom is -0.367 e. The number of nitrogens with zero attached hydrogens (tertiary/aromatic N) is 2. The Hall–Kier alpha value is -1.35. The Balaban J connectivity index is 1.66. The maximum Gasteiger partial charge on any atom is 0.250 e. The molecule has 3 heterocycles. The SMILES string of the molecule is CC1(c2ncc(CNS(=O)(=O)c3cccs3)cn2)CCCCO1. The zero-order chi connectivity index (χ0) is 16.3. The highest BCUT2D eigenvalue weighted by atomic mass is 32.2. The number of rotatable bonds is 5. The minimum absolute atomic E-state index is 0.165. The molecule has 23 heavy (non-hydrogen) atoms. The van der Waals surface area contributed by atoms with Gasteiger partial charge in [-0.05, 0) is 37.6 Å². The zero-order valence-corrected chi connectivity index (χ0v) is 14.5. The highest BCUT2D eigenvalue weighted by Crippen LogP contribution is 2.32. The first kappa shape index (κ1) is 16.5. The lowest BCUT2D eigenvalue weighted by atomic mass is 9.95. The average molecular weight is 353 g/mol. The molecule has 8 heteroatoms. The molecule has 1 aliphatic heterocycles. The predicted molar refractivity (Wildman–Crippen MR) is 87.5 cm³/mol. The van der Waals surface area contributed by atoms with E-state index in [1.165, 1.54) is 11.3 Å². The number of nitrogens with one attached hydrogen (secondary N) is 1. The van der Waals surface area contributed by atoms with Crippen molar-refractivity contribution in [2.75, 3.05) is 6.61 Å². The molecule has 2 aromatic heterocycles. The van der Waals surface area contributed by atoms with Crippen LogP contribution in [0.25, 0.3) is 0 Å². The minimum atomic E-state index is -3.47. The summed E-state index contributed by atoms with van der Waals surface area (Å²) in [4.78, 5) is 8.74. The number of hydrogen-bond donors (Lipinski definition) is 1. The summed E-state index contributed by atoms with van der Waals surface area (Å²) in [5.74, 6) is 0.655. The first-order valence-electron chi connectivity index (χ1n) is 7.48. The Morgan fingerprint density at radius 2 is 2.13 bits per heavy atom. The fraction of sp³-hybridized carbons (Fsp3) is 0.467. The Labute approximate surface area is 140 Å². The quantitative estimate of drug-likeness (QED) is 0.893. The van der Waals surface area contributed by atoms with E-state index in [-0.39, 0.29) is 6.54 Å². The van der Waals surface area contributed by atoms with Crippen LogP contribution in [0.15, 0.2) is 34.1 Å². The van der Waals surface area contributed by atoms with Gasteiger partial charge in [-0.2, -0.15) is 0 Å². The summed E-state index contributed by atoms with van der Waals surface area (Å²) in [5.41, 5.74) is 0.279.